The smallest absolute Gasteiger partial charge is 0.265 e. The van der Waals surface area contributed by atoms with Gasteiger partial charge >= 0.3 is 0 Å². The monoisotopic (exact) mass is 497 g/mol. The maximum Gasteiger partial charge on any atom is 0.265 e. The number of nitrogens with zero attached hydrogens (tertiary/aromatic N) is 2. The van der Waals surface area contributed by atoms with Crippen molar-refractivity contribution in [3.8, 4) is 11.3 Å². The second-order valence-corrected chi connectivity index (χ2v) is 11.2. The topological polar surface area (TPSA) is 81.1 Å². The summed E-state index contributed by atoms with van der Waals surface area (Å²) in [5, 5.41) is 1.13. The molecule has 4 aromatic rings. The van der Waals surface area contributed by atoms with Gasteiger partial charge in [-0.1, -0.05) is 49.6 Å². The van der Waals surface area contributed by atoms with E-state index in [1.807, 2.05) is 24.4 Å². The van der Waals surface area contributed by atoms with Crippen LogP contribution >= 0.6 is 0 Å². The zero-order chi connectivity index (χ0) is 24.7. The van der Waals surface area contributed by atoms with Crippen molar-refractivity contribution in [2.24, 2.45) is 0 Å². The molecule has 36 heavy (non-hydrogen) atoms. The van der Waals surface area contributed by atoms with Gasteiger partial charge in [0.1, 0.15) is 0 Å². The van der Waals surface area contributed by atoms with E-state index in [1.165, 1.54) is 42.7 Å². The van der Waals surface area contributed by atoms with Gasteiger partial charge in [0, 0.05) is 34.8 Å². The van der Waals surface area contributed by atoms with Crippen molar-refractivity contribution in [2.45, 2.75) is 49.5 Å². The van der Waals surface area contributed by atoms with Gasteiger partial charge in [0.25, 0.3) is 15.9 Å². The van der Waals surface area contributed by atoms with Crippen LogP contribution < -0.4 is 4.72 Å². The van der Waals surface area contributed by atoms with Gasteiger partial charge in [-0.05, 0) is 66.8 Å². The molecular formula is C29H27N3O3S. The highest BCUT2D eigenvalue weighted by molar-refractivity contribution is 7.90. The van der Waals surface area contributed by atoms with Crippen LogP contribution in [0.3, 0.4) is 0 Å². The van der Waals surface area contributed by atoms with Gasteiger partial charge in [-0.3, -0.25) is 9.78 Å². The first-order chi connectivity index (χ1) is 17.5. The lowest BCUT2D eigenvalue weighted by Gasteiger charge is -2.23. The molecule has 1 saturated carbocycles. The van der Waals surface area contributed by atoms with E-state index >= 15 is 0 Å². The normalized spacial score (nSPS) is 15.8. The van der Waals surface area contributed by atoms with E-state index in [4.69, 9.17) is 0 Å². The number of fused-ring (bicyclic) bond motifs is 5. The van der Waals surface area contributed by atoms with Crippen LogP contribution in [0, 0.1) is 0 Å². The summed E-state index contributed by atoms with van der Waals surface area (Å²) in [6, 6.07) is 17.6. The Balaban J connectivity index is 1.48. The van der Waals surface area contributed by atoms with E-state index in [9.17, 15) is 13.2 Å². The maximum atomic E-state index is 13.1. The molecule has 0 bridgehead atoms. The molecule has 7 heteroatoms. The minimum absolute atomic E-state index is 0.0600. The molecule has 0 unspecified atom stereocenters. The summed E-state index contributed by atoms with van der Waals surface area (Å²) >= 11 is 0. The number of amides is 1. The Morgan fingerprint density at radius 2 is 1.78 bits per heavy atom. The third kappa shape index (κ3) is 3.93. The van der Waals surface area contributed by atoms with Crippen molar-refractivity contribution in [2.75, 3.05) is 0 Å². The van der Waals surface area contributed by atoms with Crippen LogP contribution in [0.2, 0.25) is 0 Å². The summed E-state index contributed by atoms with van der Waals surface area (Å²) in [6.45, 7) is 0.655. The van der Waals surface area contributed by atoms with Gasteiger partial charge < -0.3 is 4.57 Å². The molecule has 6 rings (SSSR count). The van der Waals surface area contributed by atoms with Gasteiger partial charge in [-0.15, -0.1) is 0 Å². The summed E-state index contributed by atoms with van der Waals surface area (Å²) in [5.74, 6) is -0.191. The van der Waals surface area contributed by atoms with Crippen molar-refractivity contribution in [1.82, 2.24) is 14.3 Å². The van der Waals surface area contributed by atoms with Crippen LogP contribution in [0.1, 0.15) is 59.6 Å². The van der Waals surface area contributed by atoms with Crippen molar-refractivity contribution >= 4 is 32.9 Å². The third-order valence-electron chi connectivity index (χ3n) is 7.32. The van der Waals surface area contributed by atoms with Crippen LogP contribution in [0.4, 0.5) is 0 Å². The molecule has 2 aromatic heterocycles. The number of hydrogen-bond donors (Lipinski definition) is 1. The average Bonchev–Trinajstić information content (AvgIpc) is 3.10. The van der Waals surface area contributed by atoms with Crippen molar-refractivity contribution < 1.29 is 13.2 Å². The number of nitrogens with one attached hydrogen (secondary N) is 1. The predicted octanol–water partition coefficient (Wildman–Crippen LogP) is 5.90. The molecule has 0 radical (unpaired) electrons. The van der Waals surface area contributed by atoms with E-state index in [0.717, 1.165) is 35.0 Å². The second kappa shape index (κ2) is 9.06. The van der Waals surface area contributed by atoms with Gasteiger partial charge in [-0.2, -0.15) is 0 Å². The Labute approximate surface area is 210 Å². The number of carbonyl (C=O) groups is 1. The fourth-order valence-corrected chi connectivity index (χ4v) is 6.66. The molecule has 1 fully saturated rings. The number of benzene rings is 2. The molecule has 2 aliphatic rings. The standard InChI is InChI=1S/C29H27N3O3S/c33-29(31-36(34,35)22-11-5-2-6-12-22)21-15-16-24-26(19-21)32-18-8-14-25-23(13-7-17-30-25)28(32)27(24)20-9-3-1-4-10-20/h2,5-8,11-17,19-20H,1,3-4,9-10,18H2,(H,31,33). The lowest BCUT2D eigenvalue weighted by Crippen LogP contribution is -2.30. The summed E-state index contributed by atoms with van der Waals surface area (Å²) in [6.07, 6.45) is 12.0. The molecule has 182 valence electrons. The number of rotatable bonds is 4. The van der Waals surface area contributed by atoms with Crippen LogP contribution in [-0.2, 0) is 16.6 Å². The van der Waals surface area contributed by atoms with E-state index in [1.54, 1.807) is 24.3 Å². The Bertz CT molecular complexity index is 1600. The van der Waals surface area contributed by atoms with Crippen LogP contribution in [0.5, 0.6) is 0 Å². The van der Waals surface area contributed by atoms with Gasteiger partial charge in [0.15, 0.2) is 0 Å². The highest BCUT2D eigenvalue weighted by atomic mass is 32.2. The van der Waals surface area contributed by atoms with Crippen molar-refractivity contribution in [3.63, 3.8) is 0 Å². The van der Waals surface area contributed by atoms with E-state index in [-0.39, 0.29) is 4.90 Å². The summed E-state index contributed by atoms with van der Waals surface area (Å²) in [7, 11) is -3.96. The molecular weight excluding hydrogens is 470 g/mol. The first kappa shape index (κ1) is 22.7. The predicted molar refractivity (Wildman–Crippen MR) is 141 cm³/mol. The Hall–Kier alpha value is -3.71. The van der Waals surface area contributed by atoms with Crippen LogP contribution in [0.15, 0.2) is 77.8 Å². The lowest BCUT2D eigenvalue weighted by molar-refractivity contribution is 0.0981. The summed E-state index contributed by atoms with van der Waals surface area (Å²) in [5.41, 5.74) is 5.79. The van der Waals surface area contributed by atoms with E-state index < -0.39 is 15.9 Å². The lowest BCUT2D eigenvalue weighted by atomic mass is 9.81. The quantitative estimate of drug-likeness (QED) is 0.381. The molecule has 1 amide bonds. The minimum Gasteiger partial charge on any atom is -0.336 e. The van der Waals surface area contributed by atoms with Gasteiger partial charge in [0.2, 0.25) is 0 Å². The number of pyridine rings is 1. The summed E-state index contributed by atoms with van der Waals surface area (Å²) in [4.78, 5) is 17.8. The SMILES string of the molecule is O=C(NS(=O)(=O)c1ccccc1)c1ccc2c(C3CCCCC3)c3n(c2c1)CC=Cc1ncccc1-3. The van der Waals surface area contributed by atoms with E-state index in [0.29, 0.717) is 18.0 Å². The first-order valence-corrected chi connectivity index (χ1v) is 13.9. The zero-order valence-electron chi connectivity index (χ0n) is 19.9. The number of aromatic nitrogens is 2. The largest absolute Gasteiger partial charge is 0.336 e. The first-order valence-electron chi connectivity index (χ1n) is 12.4. The Morgan fingerprint density at radius 1 is 0.972 bits per heavy atom. The molecule has 0 atom stereocenters. The van der Waals surface area contributed by atoms with Crippen LogP contribution in [-0.4, -0.2) is 23.9 Å². The molecule has 1 aliphatic heterocycles. The fourth-order valence-electron chi connectivity index (χ4n) is 5.66. The van der Waals surface area contributed by atoms with Gasteiger partial charge in [0.05, 0.1) is 16.3 Å². The fraction of sp³-hybridized carbons (Fsp3) is 0.241. The molecule has 1 N–H and O–H groups in total. The van der Waals surface area contributed by atoms with Crippen molar-refractivity contribution in [1.29, 1.82) is 0 Å². The molecule has 3 heterocycles. The Morgan fingerprint density at radius 3 is 2.58 bits per heavy atom. The highest BCUT2D eigenvalue weighted by Gasteiger charge is 2.29. The number of allylic oxidation sites excluding steroid dienone is 1. The van der Waals surface area contributed by atoms with Crippen molar-refractivity contribution in [3.05, 3.63) is 89.8 Å². The molecule has 2 aromatic carbocycles. The maximum absolute atomic E-state index is 13.1. The van der Waals surface area contributed by atoms with E-state index in [2.05, 4.69) is 32.5 Å². The summed E-state index contributed by atoms with van der Waals surface area (Å²) < 4.78 is 30.0. The Kier molecular flexibility index (Phi) is 5.72. The molecule has 1 aliphatic carbocycles. The molecule has 0 saturated heterocycles. The third-order valence-corrected chi connectivity index (χ3v) is 8.66. The average molecular weight is 498 g/mol. The number of hydrogen-bond acceptors (Lipinski definition) is 4. The van der Waals surface area contributed by atoms with Gasteiger partial charge in [-0.25, -0.2) is 13.1 Å². The molecule has 6 nitrogen and oxygen atoms in total. The zero-order valence-corrected chi connectivity index (χ0v) is 20.7. The van der Waals surface area contributed by atoms with Crippen LogP contribution in [0.25, 0.3) is 28.2 Å². The number of carbonyl (C=O) groups excluding carboxylic acids is 1. The second-order valence-electron chi connectivity index (χ2n) is 9.53. The minimum atomic E-state index is -3.96. The molecule has 0 spiro atoms. The number of sulfonamides is 1. The highest BCUT2D eigenvalue weighted by Crippen LogP contribution is 2.45.